The molecule has 3 rings (SSSR count). The fraction of sp³-hybridized carbons (Fsp3) is 0.471. The van der Waals surface area contributed by atoms with Crippen molar-refractivity contribution in [1.29, 1.82) is 0 Å². The summed E-state index contributed by atoms with van der Waals surface area (Å²) in [5.74, 6) is 0. The first kappa shape index (κ1) is 13.5. The number of piperidine rings is 1. The molecule has 1 N–H and O–H groups in total. The van der Waals surface area contributed by atoms with E-state index in [0.29, 0.717) is 5.54 Å². The smallest absolute Gasteiger partial charge is 0.0346 e. The van der Waals surface area contributed by atoms with Crippen molar-refractivity contribution in [2.75, 3.05) is 20.1 Å². The summed E-state index contributed by atoms with van der Waals surface area (Å²) in [6, 6.07) is 8.53. The van der Waals surface area contributed by atoms with E-state index in [1.165, 1.54) is 29.2 Å². The molecule has 0 saturated carbocycles. The van der Waals surface area contributed by atoms with Crippen LogP contribution in [0.5, 0.6) is 0 Å². The van der Waals surface area contributed by atoms with Gasteiger partial charge >= 0.3 is 0 Å². The average molecular weight is 269 g/mol. The van der Waals surface area contributed by atoms with Crippen LogP contribution in [-0.2, 0) is 6.54 Å². The molecule has 1 aliphatic heterocycles. The zero-order valence-corrected chi connectivity index (χ0v) is 12.4. The summed E-state index contributed by atoms with van der Waals surface area (Å²) < 4.78 is 0. The maximum absolute atomic E-state index is 4.38. The summed E-state index contributed by atoms with van der Waals surface area (Å²) in [5.41, 5.74) is 1.66. The molecule has 106 valence electrons. The first-order valence-corrected chi connectivity index (χ1v) is 7.43. The van der Waals surface area contributed by atoms with E-state index in [-0.39, 0.29) is 0 Å². The second kappa shape index (κ2) is 5.51. The molecular weight excluding hydrogens is 246 g/mol. The number of hydrogen-bond donors (Lipinski definition) is 1. The van der Waals surface area contributed by atoms with Gasteiger partial charge in [-0.05, 0) is 37.8 Å². The monoisotopic (exact) mass is 269 g/mol. The van der Waals surface area contributed by atoms with Crippen molar-refractivity contribution in [2.45, 2.75) is 31.8 Å². The fourth-order valence-corrected chi connectivity index (χ4v) is 3.00. The topological polar surface area (TPSA) is 28.2 Å². The second-order valence-corrected chi connectivity index (χ2v) is 6.11. The predicted molar refractivity (Wildman–Crippen MR) is 83.7 cm³/mol. The number of nitrogens with one attached hydrogen (secondary N) is 1. The Bertz CT molecular complexity index is 580. The number of pyridine rings is 1. The number of aromatic nitrogens is 1. The molecule has 0 atom stereocenters. The van der Waals surface area contributed by atoms with E-state index < -0.39 is 0 Å². The number of hydrogen-bond acceptors (Lipinski definition) is 3. The highest BCUT2D eigenvalue weighted by molar-refractivity contribution is 5.84. The largest absolute Gasteiger partial charge is 0.314 e. The number of likely N-dealkylation sites (tertiary alicyclic amines) is 1. The Morgan fingerprint density at radius 1 is 1.20 bits per heavy atom. The second-order valence-electron chi connectivity index (χ2n) is 6.11. The molecular formula is C17H23N3. The molecule has 2 heterocycles. The van der Waals surface area contributed by atoms with Crippen LogP contribution in [-0.4, -0.2) is 35.6 Å². The van der Waals surface area contributed by atoms with Gasteiger partial charge in [0.05, 0.1) is 0 Å². The van der Waals surface area contributed by atoms with E-state index in [4.69, 9.17) is 0 Å². The van der Waals surface area contributed by atoms with Crippen LogP contribution in [0, 0.1) is 0 Å². The van der Waals surface area contributed by atoms with Gasteiger partial charge < -0.3 is 5.32 Å². The summed E-state index contributed by atoms with van der Waals surface area (Å²) >= 11 is 0. The Morgan fingerprint density at radius 3 is 2.70 bits per heavy atom. The van der Waals surface area contributed by atoms with Gasteiger partial charge in [-0.15, -0.1) is 0 Å². The van der Waals surface area contributed by atoms with E-state index >= 15 is 0 Å². The third kappa shape index (κ3) is 2.69. The van der Waals surface area contributed by atoms with Gasteiger partial charge in [0.2, 0.25) is 0 Å². The molecule has 20 heavy (non-hydrogen) atoms. The minimum atomic E-state index is 0.313. The molecule has 1 aromatic carbocycles. The van der Waals surface area contributed by atoms with Crippen molar-refractivity contribution in [2.24, 2.45) is 0 Å². The molecule has 1 fully saturated rings. The van der Waals surface area contributed by atoms with Gasteiger partial charge in [0.25, 0.3) is 0 Å². The van der Waals surface area contributed by atoms with Gasteiger partial charge in [-0.25, -0.2) is 0 Å². The normalized spacial score (nSPS) is 19.3. The van der Waals surface area contributed by atoms with Crippen LogP contribution in [0.15, 0.2) is 36.7 Å². The number of fused-ring (bicyclic) bond motifs is 1. The molecule has 0 radical (unpaired) electrons. The Morgan fingerprint density at radius 2 is 1.95 bits per heavy atom. The minimum Gasteiger partial charge on any atom is -0.314 e. The summed E-state index contributed by atoms with van der Waals surface area (Å²) in [4.78, 5) is 6.93. The third-order valence-corrected chi connectivity index (χ3v) is 4.71. The lowest BCUT2D eigenvalue weighted by Crippen LogP contribution is -2.49. The van der Waals surface area contributed by atoms with Gasteiger partial charge in [0.15, 0.2) is 0 Å². The van der Waals surface area contributed by atoms with E-state index in [0.717, 1.165) is 19.6 Å². The van der Waals surface area contributed by atoms with E-state index in [1.807, 2.05) is 12.4 Å². The molecule has 1 aliphatic rings. The predicted octanol–water partition coefficient (Wildman–Crippen LogP) is 2.81. The molecule has 3 nitrogen and oxygen atoms in total. The van der Waals surface area contributed by atoms with Crippen LogP contribution in [0.1, 0.15) is 25.3 Å². The van der Waals surface area contributed by atoms with E-state index in [2.05, 4.69) is 53.4 Å². The Kier molecular flexibility index (Phi) is 3.72. The van der Waals surface area contributed by atoms with Crippen molar-refractivity contribution in [3.63, 3.8) is 0 Å². The molecule has 2 aromatic rings. The zero-order chi connectivity index (χ0) is 14.0. The van der Waals surface area contributed by atoms with Crippen LogP contribution in [0.2, 0.25) is 0 Å². The van der Waals surface area contributed by atoms with Crippen molar-refractivity contribution >= 4 is 10.8 Å². The highest BCUT2D eigenvalue weighted by atomic mass is 15.1. The van der Waals surface area contributed by atoms with Crippen LogP contribution >= 0.6 is 0 Å². The molecule has 1 saturated heterocycles. The van der Waals surface area contributed by atoms with Gasteiger partial charge in [0, 0.05) is 43.0 Å². The maximum atomic E-state index is 4.38. The van der Waals surface area contributed by atoms with Crippen molar-refractivity contribution in [1.82, 2.24) is 15.2 Å². The number of rotatable bonds is 3. The molecule has 0 spiro atoms. The Hall–Kier alpha value is -1.45. The van der Waals surface area contributed by atoms with Crippen LogP contribution in [0.25, 0.3) is 10.8 Å². The number of nitrogens with zero attached hydrogens (tertiary/aromatic N) is 2. The fourth-order valence-electron chi connectivity index (χ4n) is 3.00. The molecule has 0 bridgehead atoms. The summed E-state index contributed by atoms with van der Waals surface area (Å²) in [6.45, 7) is 5.64. The first-order chi connectivity index (χ1) is 9.70. The molecule has 0 aliphatic carbocycles. The Labute approximate surface area is 121 Å². The van der Waals surface area contributed by atoms with E-state index in [1.54, 1.807) is 0 Å². The summed E-state index contributed by atoms with van der Waals surface area (Å²) in [7, 11) is 2.07. The molecule has 1 aromatic heterocycles. The lowest BCUT2D eigenvalue weighted by molar-refractivity contribution is 0.146. The zero-order valence-electron chi connectivity index (χ0n) is 12.4. The van der Waals surface area contributed by atoms with Gasteiger partial charge in [-0.3, -0.25) is 9.88 Å². The van der Waals surface area contributed by atoms with Crippen LogP contribution in [0.3, 0.4) is 0 Å². The van der Waals surface area contributed by atoms with Crippen LogP contribution in [0.4, 0.5) is 0 Å². The highest BCUT2D eigenvalue weighted by Gasteiger charge is 2.28. The third-order valence-electron chi connectivity index (χ3n) is 4.71. The Balaban J connectivity index is 1.75. The van der Waals surface area contributed by atoms with Crippen molar-refractivity contribution < 1.29 is 0 Å². The first-order valence-electron chi connectivity index (χ1n) is 7.43. The molecule has 3 heteroatoms. The quantitative estimate of drug-likeness (QED) is 0.928. The average Bonchev–Trinajstić information content (AvgIpc) is 2.50. The van der Waals surface area contributed by atoms with Gasteiger partial charge in [-0.2, -0.15) is 0 Å². The van der Waals surface area contributed by atoms with Gasteiger partial charge in [0.1, 0.15) is 0 Å². The highest BCUT2D eigenvalue weighted by Crippen LogP contribution is 2.24. The molecule has 0 amide bonds. The van der Waals surface area contributed by atoms with E-state index in [9.17, 15) is 0 Å². The van der Waals surface area contributed by atoms with Crippen molar-refractivity contribution in [3.05, 3.63) is 42.2 Å². The summed E-state index contributed by atoms with van der Waals surface area (Å²) in [6.07, 6.45) is 6.39. The maximum Gasteiger partial charge on any atom is 0.0346 e. The van der Waals surface area contributed by atoms with Crippen LogP contribution < -0.4 is 5.32 Å². The minimum absolute atomic E-state index is 0.313. The molecule has 0 unspecified atom stereocenters. The SMILES string of the molecule is CNC1(C)CCN(Cc2cncc3ccccc23)CC1. The standard InChI is InChI=1S/C17H23N3/c1-17(18-2)7-9-20(10-8-17)13-15-12-19-11-14-5-3-4-6-16(14)15/h3-6,11-12,18H,7-10,13H2,1-2H3. The lowest BCUT2D eigenvalue weighted by atomic mass is 9.89. The summed E-state index contributed by atoms with van der Waals surface area (Å²) in [5, 5.41) is 6.03. The van der Waals surface area contributed by atoms with Gasteiger partial charge in [-0.1, -0.05) is 24.3 Å². The number of benzene rings is 1. The lowest BCUT2D eigenvalue weighted by Gasteiger charge is -2.39. The van der Waals surface area contributed by atoms with Crippen molar-refractivity contribution in [3.8, 4) is 0 Å².